The Hall–Kier alpha value is -0.573. The summed E-state index contributed by atoms with van der Waals surface area (Å²) in [6, 6.07) is 0. The first-order valence-electron chi connectivity index (χ1n) is 3.29. The summed E-state index contributed by atoms with van der Waals surface area (Å²) in [7, 11) is 0. The minimum Gasteiger partial charge on any atom is -0.595 e. The first kappa shape index (κ1) is 14.0. The smallest absolute Gasteiger partial charge is 0.595 e. The van der Waals surface area contributed by atoms with Crippen molar-refractivity contribution < 1.29 is 28.7 Å². The van der Waals surface area contributed by atoms with E-state index in [0.717, 1.165) is 0 Å². The van der Waals surface area contributed by atoms with Crippen LogP contribution in [0.2, 0.25) is 0 Å². The van der Waals surface area contributed by atoms with Crippen molar-refractivity contribution in [3.8, 4) is 12.3 Å². The number of rotatable bonds is 1. The van der Waals surface area contributed by atoms with Crippen molar-refractivity contribution >= 4 is 6.08 Å². The third kappa shape index (κ3) is 9.43. The van der Waals surface area contributed by atoms with Gasteiger partial charge in [0.1, 0.15) is 12.6 Å². The molecule has 62 valence electrons. The molecular formula is C8H12LiNO2. The Morgan fingerprint density at radius 3 is 2.42 bits per heavy atom. The molecule has 0 atom stereocenters. The maximum atomic E-state index is 10.7. The molecule has 0 unspecified atom stereocenters. The molecule has 12 heavy (non-hydrogen) atoms. The summed E-state index contributed by atoms with van der Waals surface area (Å²) in [5.74, 6) is 2.22. The van der Waals surface area contributed by atoms with E-state index in [4.69, 9.17) is 11.2 Å². The Bertz CT molecular complexity index is 188. The van der Waals surface area contributed by atoms with Crippen molar-refractivity contribution in [1.29, 1.82) is 0 Å². The summed E-state index contributed by atoms with van der Waals surface area (Å²) < 4.78 is 4.84. The zero-order valence-electron chi connectivity index (χ0n) is 8.05. The zero-order chi connectivity index (χ0) is 8.91. The molecule has 0 spiro atoms. The van der Waals surface area contributed by atoms with Crippen molar-refractivity contribution in [1.82, 2.24) is 0 Å². The van der Waals surface area contributed by atoms with Gasteiger partial charge in [0, 0.05) is 5.60 Å². The van der Waals surface area contributed by atoms with Crippen molar-refractivity contribution in [2.75, 3.05) is 6.54 Å². The van der Waals surface area contributed by atoms with Crippen LogP contribution in [0.15, 0.2) is 4.99 Å². The molecule has 0 aliphatic heterocycles. The number of hydrogen-bond acceptors (Lipinski definition) is 3. The van der Waals surface area contributed by atoms with E-state index in [1.807, 2.05) is 0 Å². The van der Waals surface area contributed by atoms with Crippen LogP contribution in [0.1, 0.15) is 20.8 Å². The molecule has 0 rings (SSSR count). The quantitative estimate of drug-likeness (QED) is 0.180. The normalized spacial score (nSPS) is 11.3. The first-order valence-corrected chi connectivity index (χ1v) is 3.29. The summed E-state index contributed by atoms with van der Waals surface area (Å²) in [5, 5.41) is 10.7. The molecule has 0 aliphatic rings. The molecule has 0 aromatic carbocycles. The van der Waals surface area contributed by atoms with Gasteiger partial charge in [0.05, 0.1) is 0 Å². The second-order valence-electron chi connectivity index (χ2n) is 3.00. The Morgan fingerprint density at radius 2 is 2.08 bits per heavy atom. The molecule has 4 heteroatoms. The molecule has 0 aromatic rings. The van der Waals surface area contributed by atoms with Crippen LogP contribution in [0.4, 0.5) is 0 Å². The number of ether oxygens (including phenoxy) is 1. The van der Waals surface area contributed by atoms with Crippen LogP contribution < -0.4 is 24.0 Å². The van der Waals surface area contributed by atoms with E-state index in [0.29, 0.717) is 0 Å². The molecule has 0 fully saturated rings. The Morgan fingerprint density at radius 1 is 1.58 bits per heavy atom. The summed E-state index contributed by atoms with van der Waals surface area (Å²) >= 11 is 0. The van der Waals surface area contributed by atoms with Gasteiger partial charge < -0.3 is 9.84 Å². The molecule has 0 saturated carbocycles. The van der Waals surface area contributed by atoms with Crippen LogP contribution in [0, 0.1) is 12.3 Å². The Labute approximate surface area is 85.4 Å². The van der Waals surface area contributed by atoms with Gasteiger partial charge in [-0.15, -0.1) is 6.42 Å². The van der Waals surface area contributed by atoms with Gasteiger partial charge in [-0.25, -0.2) is 0 Å². The standard InChI is InChI=1S/C8H13NO2.Li/c1-5-6-9-7(10)11-8(2,3)4;/h1H,6H2,2-4H3,(H,9,10);/q;+1/p-1. The predicted molar refractivity (Wildman–Crippen MR) is 42.0 cm³/mol. The Kier molecular flexibility index (Phi) is 6.99. The van der Waals surface area contributed by atoms with E-state index in [1.54, 1.807) is 20.8 Å². The largest absolute Gasteiger partial charge is 1.00 e. The van der Waals surface area contributed by atoms with Crippen molar-refractivity contribution in [2.24, 2.45) is 4.99 Å². The number of terminal acetylenes is 1. The van der Waals surface area contributed by atoms with Crippen molar-refractivity contribution in [3.05, 3.63) is 0 Å². The fourth-order valence-corrected chi connectivity index (χ4v) is 0.404. The minimum absolute atomic E-state index is 0. The van der Waals surface area contributed by atoms with Gasteiger partial charge in [-0.3, -0.25) is 4.99 Å². The third-order valence-corrected chi connectivity index (χ3v) is 0.693. The van der Waals surface area contributed by atoms with Gasteiger partial charge in [-0.05, 0) is 0 Å². The van der Waals surface area contributed by atoms with Crippen LogP contribution in [0.5, 0.6) is 0 Å². The van der Waals surface area contributed by atoms with E-state index in [2.05, 4.69) is 10.9 Å². The maximum Gasteiger partial charge on any atom is 1.00 e. The average Bonchev–Trinajstić information content (AvgIpc) is 1.79. The van der Waals surface area contributed by atoms with Crippen molar-refractivity contribution in [2.45, 2.75) is 26.4 Å². The van der Waals surface area contributed by atoms with E-state index in [1.165, 1.54) is 0 Å². The zero-order valence-corrected chi connectivity index (χ0v) is 8.05. The molecule has 0 aromatic heterocycles. The molecule has 3 nitrogen and oxygen atoms in total. The fourth-order valence-electron chi connectivity index (χ4n) is 0.404. The van der Waals surface area contributed by atoms with Gasteiger partial charge >= 0.3 is 18.9 Å². The van der Waals surface area contributed by atoms with Gasteiger partial charge in [0.25, 0.3) is 0 Å². The molecule has 0 amide bonds. The number of nitrogens with zero attached hydrogens (tertiary/aromatic N) is 1. The van der Waals surface area contributed by atoms with Crippen LogP contribution >= 0.6 is 0 Å². The van der Waals surface area contributed by atoms with Gasteiger partial charge in [0.15, 0.2) is 0 Å². The average molecular weight is 161 g/mol. The van der Waals surface area contributed by atoms with E-state index >= 15 is 0 Å². The van der Waals surface area contributed by atoms with Gasteiger partial charge in [0.2, 0.25) is 0 Å². The monoisotopic (exact) mass is 161 g/mol. The number of aliphatic imine (C=N–C) groups is 1. The topological polar surface area (TPSA) is 44.7 Å². The predicted octanol–water partition coefficient (Wildman–Crippen LogP) is -2.84. The first-order chi connectivity index (χ1) is 4.95. The molecule has 0 N–H and O–H groups in total. The van der Waals surface area contributed by atoms with Gasteiger partial charge in [-0.1, -0.05) is 26.7 Å². The SMILES string of the molecule is C#CCN=C([O-])OC(C)(C)C.[Li+]. The summed E-state index contributed by atoms with van der Waals surface area (Å²) in [6.07, 6.45) is 4.29. The van der Waals surface area contributed by atoms with Crippen LogP contribution in [0.25, 0.3) is 0 Å². The van der Waals surface area contributed by atoms with Crippen LogP contribution in [-0.2, 0) is 4.74 Å². The molecule has 0 radical (unpaired) electrons. The molecule has 0 saturated heterocycles. The maximum absolute atomic E-state index is 10.7. The van der Waals surface area contributed by atoms with E-state index in [-0.39, 0.29) is 25.4 Å². The fraction of sp³-hybridized carbons (Fsp3) is 0.625. The summed E-state index contributed by atoms with van der Waals surface area (Å²) in [4.78, 5) is 3.43. The minimum atomic E-state index is -0.601. The second-order valence-corrected chi connectivity index (χ2v) is 3.00. The molecule has 0 bridgehead atoms. The summed E-state index contributed by atoms with van der Waals surface area (Å²) in [6.45, 7) is 5.40. The van der Waals surface area contributed by atoms with E-state index < -0.39 is 11.7 Å². The molecular weight excluding hydrogens is 149 g/mol. The summed E-state index contributed by atoms with van der Waals surface area (Å²) in [5.41, 5.74) is -0.491. The van der Waals surface area contributed by atoms with Crippen LogP contribution in [0.3, 0.4) is 0 Å². The molecule has 0 heterocycles. The molecule has 0 aliphatic carbocycles. The van der Waals surface area contributed by atoms with Crippen molar-refractivity contribution in [3.63, 3.8) is 0 Å². The van der Waals surface area contributed by atoms with E-state index in [9.17, 15) is 5.11 Å². The second kappa shape index (κ2) is 6.00. The van der Waals surface area contributed by atoms with Gasteiger partial charge in [-0.2, -0.15) is 0 Å². The number of hydrogen-bond donors (Lipinski definition) is 0. The third-order valence-electron chi connectivity index (χ3n) is 0.693. The van der Waals surface area contributed by atoms with Crippen LogP contribution in [-0.4, -0.2) is 18.2 Å². The Balaban J connectivity index is 0.